The fourth-order valence-electron chi connectivity index (χ4n) is 4.10. The number of carbonyl (C=O) groups excluding carboxylic acids is 1. The van der Waals surface area contributed by atoms with Gasteiger partial charge in [0.1, 0.15) is 5.70 Å². The number of likely N-dealkylation sites (N-methyl/N-ethyl adjacent to an activating group) is 1. The van der Waals surface area contributed by atoms with E-state index in [1.165, 1.54) is 0 Å². The lowest BCUT2D eigenvalue weighted by molar-refractivity contribution is -0.140. The van der Waals surface area contributed by atoms with Gasteiger partial charge in [-0.15, -0.1) is 4.91 Å². The second kappa shape index (κ2) is 10.2. The van der Waals surface area contributed by atoms with Crippen molar-refractivity contribution in [3.05, 3.63) is 69.8 Å². The highest BCUT2D eigenvalue weighted by Gasteiger charge is 2.35. The molecule has 0 unspecified atom stereocenters. The van der Waals surface area contributed by atoms with Crippen LogP contribution in [0.1, 0.15) is 11.1 Å². The Kier molecular flexibility index (Phi) is 7.14. The van der Waals surface area contributed by atoms with Crippen LogP contribution >= 0.6 is 11.6 Å². The van der Waals surface area contributed by atoms with Gasteiger partial charge in [0.2, 0.25) is 5.91 Å². The zero-order valence-electron chi connectivity index (χ0n) is 18.0. The maximum atomic E-state index is 13.0. The molecule has 32 heavy (non-hydrogen) atoms. The molecule has 0 saturated carbocycles. The minimum atomic E-state index is 0.0184. The Balaban J connectivity index is 1.52. The fourth-order valence-corrected chi connectivity index (χ4v) is 4.23. The van der Waals surface area contributed by atoms with Crippen LogP contribution in [0.3, 0.4) is 0 Å². The highest BCUT2D eigenvalue weighted by molar-refractivity contribution is 6.30. The third kappa shape index (κ3) is 4.98. The maximum absolute atomic E-state index is 13.0. The number of amides is 1. The quantitative estimate of drug-likeness (QED) is 0.597. The molecule has 1 aromatic carbocycles. The van der Waals surface area contributed by atoms with Gasteiger partial charge in [-0.05, 0) is 29.4 Å². The summed E-state index contributed by atoms with van der Waals surface area (Å²) >= 11 is 6.01. The van der Waals surface area contributed by atoms with Crippen LogP contribution in [0, 0.1) is 4.91 Å². The lowest BCUT2D eigenvalue weighted by Crippen LogP contribution is -2.63. The molecule has 1 amide bonds. The summed E-state index contributed by atoms with van der Waals surface area (Å²) in [6.45, 7) is 4.90. The van der Waals surface area contributed by atoms with Crippen molar-refractivity contribution in [2.45, 2.75) is 6.04 Å². The number of halogens is 1. The van der Waals surface area contributed by atoms with Crippen LogP contribution in [0.2, 0.25) is 5.02 Å². The molecule has 2 fully saturated rings. The number of hydrogen-bond acceptors (Lipinski definition) is 7. The van der Waals surface area contributed by atoms with E-state index in [-0.39, 0.29) is 18.1 Å². The summed E-state index contributed by atoms with van der Waals surface area (Å²) in [5.41, 5.74) is 2.21. The minimum Gasteiger partial charge on any atom is -0.379 e. The van der Waals surface area contributed by atoms with Crippen LogP contribution in [-0.4, -0.2) is 84.6 Å². The number of ether oxygens (including phenoxy) is 1. The third-order valence-corrected chi connectivity index (χ3v) is 6.17. The van der Waals surface area contributed by atoms with Crippen molar-refractivity contribution < 1.29 is 9.53 Å². The Hall–Kier alpha value is -2.81. The number of rotatable bonds is 7. The average molecular weight is 456 g/mol. The molecule has 4 rings (SSSR count). The zero-order valence-corrected chi connectivity index (χ0v) is 18.7. The van der Waals surface area contributed by atoms with Crippen molar-refractivity contribution >= 4 is 28.9 Å². The van der Waals surface area contributed by atoms with E-state index in [1.807, 2.05) is 4.90 Å². The monoisotopic (exact) mass is 455 g/mol. The molecule has 1 aromatic heterocycles. The molecule has 0 spiro atoms. The van der Waals surface area contributed by atoms with Crippen molar-refractivity contribution in [1.82, 2.24) is 19.7 Å². The number of nitroso groups, excluding NO2 is 1. The van der Waals surface area contributed by atoms with Crippen LogP contribution in [0.5, 0.6) is 0 Å². The molecule has 0 N–H and O–H groups in total. The molecule has 2 aromatic rings. The van der Waals surface area contributed by atoms with Crippen LogP contribution in [0.25, 0.3) is 11.4 Å². The first-order chi connectivity index (χ1) is 15.6. The van der Waals surface area contributed by atoms with Crippen LogP contribution < -0.4 is 0 Å². The van der Waals surface area contributed by atoms with Gasteiger partial charge < -0.3 is 14.5 Å². The lowest BCUT2D eigenvalue weighted by atomic mass is 10.0. The summed E-state index contributed by atoms with van der Waals surface area (Å²) < 4.78 is 5.41. The predicted molar refractivity (Wildman–Crippen MR) is 124 cm³/mol. The number of aromatic nitrogens is 1. The number of likely N-dealkylation sites (tertiary alicyclic amines) is 1. The Morgan fingerprint density at radius 1 is 1.12 bits per heavy atom. The first kappa shape index (κ1) is 22.4. The smallest absolute Gasteiger partial charge is 0.242 e. The van der Waals surface area contributed by atoms with Crippen LogP contribution in [0.4, 0.5) is 0 Å². The Morgan fingerprint density at radius 3 is 2.41 bits per heavy atom. The number of benzene rings is 1. The summed E-state index contributed by atoms with van der Waals surface area (Å²) in [6.07, 6.45) is 3.30. The molecule has 168 valence electrons. The second-order valence-electron chi connectivity index (χ2n) is 7.99. The number of carbonyl (C=O) groups is 1. The summed E-state index contributed by atoms with van der Waals surface area (Å²) in [7, 11) is 1.80. The van der Waals surface area contributed by atoms with Crippen LogP contribution in [0.15, 0.2) is 54.0 Å². The fraction of sp³-hybridized carbons (Fsp3) is 0.391. The van der Waals surface area contributed by atoms with E-state index in [4.69, 9.17) is 16.3 Å². The van der Waals surface area contributed by atoms with E-state index in [9.17, 15) is 9.70 Å². The van der Waals surface area contributed by atoms with Gasteiger partial charge in [-0.1, -0.05) is 23.7 Å². The molecule has 0 atom stereocenters. The predicted octanol–water partition coefficient (Wildman–Crippen LogP) is 2.80. The molecule has 2 saturated heterocycles. The van der Waals surface area contributed by atoms with Crippen LogP contribution in [-0.2, 0) is 9.53 Å². The summed E-state index contributed by atoms with van der Waals surface area (Å²) in [5, 5.41) is 3.90. The van der Waals surface area contributed by atoms with E-state index >= 15 is 0 Å². The van der Waals surface area contributed by atoms with Crippen molar-refractivity contribution in [3.8, 4) is 0 Å². The lowest BCUT2D eigenvalue weighted by Gasteiger charge is -2.47. The topological polar surface area (TPSA) is 78.3 Å². The molecule has 3 heterocycles. The molecule has 2 aliphatic rings. The van der Waals surface area contributed by atoms with E-state index in [1.54, 1.807) is 60.7 Å². The standard InChI is InChI=1S/C23H26ClN5O3/c1-27(16-21(30)29-14-20(15-29)28-10-12-32-13-11-28)23(18-6-8-25-9-7-18)22(26-31)17-2-4-19(24)5-3-17/h2-9,20H,10-16H2,1H3/b23-22-. The van der Waals surface area contributed by atoms with E-state index in [0.29, 0.717) is 22.3 Å². The average Bonchev–Trinajstić information content (AvgIpc) is 2.78. The molecule has 0 aliphatic carbocycles. The van der Waals surface area contributed by atoms with Crippen molar-refractivity contribution in [3.63, 3.8) is 0 Å². The highest BCUT2D eigenvalue weighted by atomic mass is 35.5. The third-order valence-electron chi connectivity index (χ3n) is 5.92. The molecule has 8 nitrogen and oxygen atoms in total. The first-order valence-electron chi connectivity index (χ1n) is 10.6. The van der Waals surface area contributed by atoms with Crippen molar-refractivity contribution in [2.24, 2.45) is 5.18 Å². The van der Waals surface area contributed by atoms with Gasteiger partial charge in [-0.2, -0.15) is 0 Å². The Bertz CT molecular complexity index is 971. The van der Waals surface area contributed by atoms with Gasteiger partial charge in [0.05, 0.1) is 25.5 Å². The van der Waals surface area contributed by atoms with Crippen molar-refractivity contribution in [1.29, 1.82) is 0 Å². The summed E-state index contributed by atoms with van der Waals surface area (Å²) in [5.74, 6) is 0.0184. The summed E-state index contributed by atoms with van der Waals surface area (Å²) in [6, 6.07) is 10.9. The second-order valence-corrected chi connectivity index (χ2v) is 8.42. The molecule has 0 bridgehead atoms. The SMILES string of the molecule is CN(CC(=O)N1CC(N2CCOCC2)C1)/C(=C(\N=O)c1ccc(Cl)cc1)c1ccncc1. The van der Waals surface area contributed by atoms with Crippen molar-refractivity contribution in [2.75, 3.05) is 53.0 Å². The molecular formula is C23H26ClN5O3. The normalized spacial score (nSPS) is 18.0. The van der Waals surface area contributed by atoms with Gasteiger partial charge in [-0.3, -0.25) is 14.7 Å². The zero-order chi connectivity index (χ0) is 22.5. The number of morpholine rings is 1. The minimum absolute atomic E-state index is 0.0184. The maximum Gasteiger partial charge on any atom is 0.242 e. The van der Waals surface area contributed by atoms with E-state index in [0.717, 1.165) is 45.0 Å². The van der Waals surface area contributed by atoms with Gasteiger partial charge in [-0.25, -0.2) is 0 Å². The van der Waals surface area contributed by atoms with E-state index in [2.05, 4.69) is 15.1 Å². The van der Waals surface area contributed by atoms with Gasteiger partial charge in [0.25, 0.3) is 0 Å². The molecule has 9 heteroatoms. The highest BCUT2D eigenvalue weighted by Crippen LogP contribution is 2.30. The first-order valence-corrected chi connectivity index (χ1v) is 11.0. The van der Waals surface area contributed by atoms with Gasteiger partial charge >= 0.3 is 0 Å². The number of nitrogens with zero attached hydrogens (tertiary/aromatic N) is 5. The Morgan fingerprint density at radius 2 is 1.78 bits per heavy atom. The molecular weight excluding hydrogens is 430 g/mol. The van der Waals surface area contributed by atoms with Gasteiger partial charge in [0.15, 0.2) is 0 Å². The van der Waals surface area contributed by atoms with E-state index < -0.39 is 0 Å². The molecule has 0 radical (unpaired) electrons. The largest absolute Gasteiger partial charge is 0.379 e. The van der Waals surface area contributed by atoms with Gasteiger partial charge in [0, 0.05) is 67.8 Å². The number of hydrogen-bond donors (Lipinski definition) is 0. The Labute approximate surface area is 192 Å². The molecule has 2 aliphatic heterocycles. The number of pyridine rings is 1. The summed E-state index contributed by atoms with van der Waals surface area (Å²) in [4.78, 5) is 35.0.